The summed E-state index contributed by atoms with van der Waals surface area (Å²) in [7, 11) is 1.62. The Morgan fingerprint density at radius 1 is 1.19 bits per heavy atom. The van der Waals surface area contributed by atoms with Crippen molar-refractivity contribution in [2.75, 3.05) is 20.3 Å². The Kier molecular flexibility index (Phi) is 5.92. The van der Waals surface area contributed by atoms with E-state index < -0.39 is 0 Å². The lowest BCUT2D eigenvalue weighted by Crippen LogP contribution is -2.24. The molecule has 2 aromatic carbocycles. The molecule has 5 heteroatoms. The monoisotopic (exact) mass is 371 g/mol. The van der Waals surface area contributed by atoms with Crippen molar-refractivity contribution >= 4 is 0 Å². The van der Waals surface area contributed by atoms with Crippen molar-refractivity contribution in [2.45, 2.75) is 45.4 Å². The standard InChI is InChI=1S/C22H29NO4/c1-15(17-6-8-20(26-10-9-24)21(12-17)25-4)23-14-16-5-7-19-18(11-16)13-22(2,3)27-19/h5-8,11-12,15,23-24H,9-10,13-14H2,1-4H3/t15-/m0/s1. The Bertz CT molecular complexity index is 788. The second-order valence-electron chi connectivity index (χ2n) is 7.57. The third kappa shape index (κ3) is 4.73. The summed E-state index contributed by atoms with van der Waals surface area (Å²) in [5, 5.41) is 12.5. The minimum absolute atomic E-state index is 0.0220. The third-order valence-electron chi connectivity index (χ3n) is 4.78. The summed E-state index contributed by atoms with van der Waals surface area (Å²) in [6.45, 7) is 7.37. The molecule has 0 unspecified atom stereocenters. The van der Waals surface area contributed by atoms with Gasteiger partial charge in [0.2, 0.25) is 0 Å². The number of rotatable bonds is 8. The zero-order valence-electron chi connectivity index (χ0n) is 16.5. The van der Waals surface area contributed by atoms with E-state index in [2.05, 4.69) is 44.3 Å². The van der Waals surface area contributed by atoms with Crippen molar-refractivity contribution in [3.63, 3.8) is 0 Å². The van der Waals surface area contributed by atoms with Crippen molar-refractivity contribution in [3.05, 3.63) is 53.1 Å². The molecule has 0 aromatic heterocycles. The molecule has 0 spiro atoms. The Balaban J connectivity index is 1.64. The fourth-order valence-corrected chi connectivity index (χ4v) is 3.39. The zero-order valence-corrected chi connectivity index (χ0v) is 16.5. The van der Waals surface area contributed by atoms with Crippen LogP contribution in [0, 0.1) is 0 Å². The maximum Gasteiger partial charge on any atom is 0.161 e. The number of fused-ring (bicyclic) bond motifs is 1. The molecule has 1 atom stereocenters. The molecule has 3 rings (SSSR count). The van der Waals surface area contributed by atoms with E-state index in [4.69, 9.17) is 19.3 Å². The smallest absolute Gasteiger partial charge is 0.161 e. The lowest BCUT2D eigenvalue weighted by atomic mass is 10.00. The number of aliphatic hydroxyl groups excluding tert-OH is 1. The maximum atomic E-state index is 8.92. The number of hydrogen-bond donors (Lipinski definition) is 2. The van der Waals surface area contributed by atoms with Gasteiger partial charge in [0.15, 0.2) is 11.5 Å². The molecule has 27 heavy (non-hydrogen) atoms. The van der Waals surface area contributed by atoms with Gasteiger partial charge >= 0.3 is 0 Å². The highest BCUT2D eigenvalue weighted by Crippen LogP contribution is 2.35. The Labute approximate surface area is 161 Å². The molecule has 0 amide bonds. The van der Waals surface area contributed by atoms with E-state index in [1.54, 1.807) is 7.11 Å². The van der Waals surface area contributed by atoms with Crippen molar-refractivity contribution in [3.8, 4) is 17.2 Å². The van der Waals surface area contributed by atoms with Gasteiger partial charge in [-0.2, -0.15) is 0 Å². The first-order valence-corrected chi connectivity index (χ1v) is 9.37. The van der Waals surface area contributed by atoms with Crippen LogP contribution in [-0.2, 0) is 13.0 Å². The molecule has 2 aromatic rings. The van der Waals surface area contributed by atoms with Crippen LogP contribution in [0.4, 0.5) is 0 Å². The van der Waals surface area contributed by atoms with Gasteiger partial charge < -0.3 is 24.6 Å². The molecule has 1 aliphatic rings. The predicted molar refractivity (Wildman–Crippen MR) is 106 cm³/mol. The lowest BCUT2D eigenvalue weighted by Gasteiger charge is -2.17. The molecule has 1 heterocycles. The number of aliphatic hydroxyl groups is 1. The molecule has 1 aliphatic heterocycles. The van der Waals surface area contributed by atoms with E-state index in [0.29, 0.717) is 11.5 Å². The molecule has 0 saturated carbocycles. The Morgan fingerprint density at radius 3 is 2.74 bits per heavy atom. The van der Waals surface area contributed by atoms with Gasteiger partial charge in [0, 0.05) is 19.0 Å². The topological polar surface area (TPSA) is 60.0 Å². The molecule has 0 bridgehead atoms. The normalized spacial score (nSPS) is 15.7. The first kappa shape index (κ1) is 19.5. The van der Waals surface area contributed by atoms with Gasteiger partial charge in [0.25, 0.3) is 0 Å². The van der Waals surface area contributed by atoms with E-state index >= 15 is 0 Å². The van der Waals surface area contributed by atoms with Gasteiger partial charge in [-0.25, -0.2) is 0 Å². The van der Waals surface area contributed by atoms with Gasteiger partial charge in [-0.3, -0.25) is 0 Å². The van der Waals surface area contributed by atoms with Crippen LogP contribution < -0.4 is 19.5 Å². The van der Waals surface area contributed by atoms with Crippen LogP contribution in [0.2, 0.25) is 0 Å². The van der Waals surface area contributed by atoms with Crippen LogP contribution in [0.5, 0.6) is 17.2 Å². The third-order valence-corrected chi connectivity index (χ3v) is 4.78. The van der Waals surface area contributed by atoms with Crippen molar-refractivity contribution < 1.29 is 19.3 Å². The van der Waals surface area contributed by atoms with Crippen LogP contribution in [0.15, 0.2) is 36.4 Å². The summed E-state index contributed by atoms with van der Waals surface area (Å²) in [4.78, 5) is 0. The van der Waals surface area contributed by atoms with E-state index in [1.807, 2.05) is 18.2 Å². The van der Waals surface area contributed by atoms with Crippen molar-refractivity contribution in [1.82, 2.24) is 5.32 Å². The minimum Gasteiger partial charge on any atom is -0.493 e. The summed E-state index contributed by atoms with van der Waals surface area (Å²) in [6, 6.07) is 12.5. The zero-order chi connectivity index (χ0) is 19.4. The quantitative estimate of drug-likeness (QED) is 0.742. The molecule has 5 nitrogen and oxygen atoms in total. The Hall–Kier alpha value is -2.24. The van der Waals surface area contributed by atoms with Gasteiger partial charge in [0.1, 0.15) is 18.0 Å². The SMILES string of the molecule is COc1cc([C@H](C)NCc2ccc3c(c2)CC(C)(C)O3)ccc1OCCO. The first-order chi connectivity index (χ1) is 12.9. The molecule has 0 radical (unpaired) electrons. The van der Waals surface area contributed by atoms with Gasteiger partial charge in [-0.1, -0.05) is 18.2 Å². The van der Waals surface area contributed by atoms with E-state index in [0.717, 1.165) is 24.3 Å². The van der Waals surface area contributed by atoms with Crippen LogP contribution in [0.3, 0.4) is 0 Å². The summed E-state index contributed by atoms with van der Waals surface area (Å²) in [6.07, 6.45) is 0.943. The van der Waals surface area contributed by atoms with E-state index in [9.17, 15) is 0 Å². The second-order valence-corrected chi connectivity index (χ2v) is 7.57. The van der Waals surface area contributed by atoms with E-state index in [-0.39, 0.29) is 24.9 Å². The molecule has 146 valence electrons. The van der Waals surface area contributed by atoms with Gasteiger partial charge in [0.05, 0.1) is 13.7 Å². The fraction of sp³-hybridized carbons (Fsp3) is 0.455. The Morgan fingerprint density at radius 2 is 2.00 bits per heavy atom. The number of benzene rings is 2. The molecular weight excluding hydrogens is 342 g/mol. The number of ether oxygens (including phenoxy) is 3. The second kappa shape index (κ2) is 8.19. The highest BCUT2D eigenvalue weighted by Gasteiger charge is 2.29. The highest BCUT2D eigenvalue weighted by molar-refractivity contribution is 5.44. The molecule has 0 fully saturated rings. The molecular formula is C22H29NO4. The minimum atomic E-state index is -0.113. The highest BCUT2D eigenvalue weighted by atomic mass is 16.5. The molecule has 0 aliphatic carbocycles. The summed E-state index contributed by atoms with van der Waals surface area (Å²) < 4.78 is 16.9. The average molecular weight is 371 g/mol. The van der Waals surface area contributed by atoms with Crippen LogP contribution in [0.1, 0.15) is 43.5 Å². The van der Waals surface area contributed by atoms with Crippen molar-refractivity contribution in [1.29, 1.82) is 0 Å². The van der Waals surface area contributed by atoms with Crippen molar-refractivity contribution in [2.24, 2.45) is 0 Å². The number of nitrogens with one attached hydrogen (secondary N) is 1. The number of methoxy groups -OCH3 is 1. The average Bonchev–Trinajstić information content (AvgIpc) is 2.97. The van der Waals surface area contributed by atoms with Gasteiger partial charge in [-0.05, 0) is 55.7 Å². The largest absolute Gasteiger partial charge is 0.493 e. The number of hydrogen-bond acceptors (Lipinski definition) is 5. The maximum absolute atomic E-state index is 8.92. The molecule has 2 N–H and O–H groups in total. The first-order valence-electron chi connectivity index (χ1n) is 9.37. The van der Waals surface area contributed by atoms with Crippen LogP contribution in [0.25, 0.3) is 0 Å². The summed E-state index contributed by atoms with van der Waals surface area (Å²) in [5.41, 5.74) is 3.53. The van der Waals surface area contributed by atoms with Gasteiger partial charge in [-0.15, -0.1) is 0 Å². The fourth-order valence-electron chi connectivity index (χ4n) is 3.39. The van der Waals surface area contributed by atoms with Crippen LogP contribution >= 0.6 is 0 Å². The molecule has 0 saturated heterocycles. The van der Waals surface area contributed by atoms with E-state index in [1.165, 1.54) is 11.1 Å². The lowest BCUT2D eigenvalue weighted by molar-refractivity contribution is 0.138. The van der Waals surface area contributed by atoms with Crippen LogP contribution in [-0.4, -0.2) is 31.0 Å². The predicted octanol–water partition coefficient (Wildman–Crippen LogP) is 3.63. The summed E-state index contributed by atoms with van der Waals surface area (Å²) in [5.74, 6) is 2.32. The summed E-state index contributed by atoms with van der Waals surface area (Å²) >= 11 is 0.